The summed E-state index contributed by atoms with van der Waals surface area (Å²) in [5, 5.41) is 0.576. The van der Waals surface area contributed by atoms with Gasteiger partial charge in [-0.1, -0.05) is 59.6 Å². The van der Waals surface area contributed by atoms with Gasteiger partial charge in [-0.3, -0.25) is 9.59 Å². The Bertz CT molecular complexity index is 1420. The van der Waals surface area contributed by atoms with Crippen molar-refractivity contribution in [3.63, 3.8) is 0 Å². The van der Waals surface area contributed by atoms with E-state index in [-0.39, 0.29) is 17.8 Å². The number of hydrogen-bond donors (Lipinski definition) is 0. The summed E-state index contributed by atoms with van der Waals surface area (Å²) < 4.78 is 12.4. The molecule has 1 amide bonds. The molecule has 0 fully saturated rings. The third-order valence-corrected chi connectivity index (χ3v) is 6.91. The predicted molar refractivity (Wildman–Crippen MR) is 159 cm³/mol. The molecule has 0 unspecified atom stereocenters. The fourth-order valence-corrected chi connectivity index (χ4v) is 4.52. The number of nitrogens with zero attached hydrogens (tertiary/aromatic N) is 1. The molecule has 1 atom stereocenters. The molecule has 206 valence electrons. The Labute approximate surface area is 241 Å². The van der Waals surface area contributed by atoms with Crippen molar-refractivity contribution in [2.75, 3.05) is 13.6 Å². The lowest BCUT2D eigenvalue weighted by Gasteiger charge is -2.31. The van der Waals surface area contributed by atoms with E-state index in [0.29, 0.717) is 34.9 Å². The minimum atomic E-state index is -1.11. The van der Waals surface area contributed by atoms with Gasteiger partial charge in [0.25, 0.3) is 5.91 Å². The van der Waals surface area contributed by atoms with Crippen LogP contribution in [0.4, 0.5) is 0 Å². The second-order valence-electron chi connectivity index (χ2n) is 10.3. The highest BCUT2D eigenvalue weighted by Crippen LogP contribution is 2.27. The summed E-state index contributed by atoms with van der Waals surface area (Å²) in [7, 11) is 1.77. The molecule has 0 aromatic heterocycles. The first kappa shape index (κ1) is 28.9. The minimum Gasteiger partial charge on any atom is -0.486 e. The monoisotopic (exact) mass is 555 g/mol. The maximum absolute atomic E-state index is 13.4. The van der Waals surface area contributed by atoms with Crippen LogP contribution in [0.25, 0.3) is 0 Å². The number of benzene rings is 4. The zero-order chi connectivity index (χ0) is 28.7. The summed E-state index contributed by atoms with van der Waals surface area (Å²) in [6.45, 7) is 6.01. The van der Waals surface area contributed by atoms with E-state index in [1.165, 1.54) is 5.56 Å². The van der Waals surface area contributed by atoms with Gasteiger partial charge in [-0.15, -0.1) is 0 Å². The Morgan fingerprint density at radius 3 is 1.95 bits per heavy atom. The van der Waals surface area contributed by atoms with Crippen LogP contribution in [0.5, 0.6) is 11.5 Å². The van der Waals surface area contributed by atoms with Gasteiger partial charge >= 0.3 is 0 Å². The number of halogens is 1. The van der Waals surface area contributed by atoms with E-state index in [1.54, 1.807) is 74.3 Å². The molecule has 0 saturated carbocycles. The average Bonchev–Trinajstić information content (AvgIpc) is 2.96. The summed E-state index contributed by atoms with van der Waals surface area (Å²) in [6, 6.07) is 31.6. The van der Waals surface area contributed by atoms with Crippen LogP contribution in [-0.2, 0) is 4.79 Å². The number of aryl methyl sites for hydroxylation is 1. The Balaban J connectivity index is 1.38. The molecule has 0 heterocycles. The van der Waals surface area contributed by atoms with Crippen LogP contribution in [0.2, 0.25) is 5.02 Å². The molecule has 0 aliphatic carbocycles. The number of ketones is 1. The third-order valence-electron chi connectivity index (χ3n) is 6.66. The molecule has 4 aromatic carbocycles. The molecule has 40 heavy (non-hydrogen) atoms. The van der Waals surface area contributed by atoms with Crippen molar-refractivity contribution in [2.45, 2.75) is 38.9 Å². The van der Waals surface area contributed by atoms with E-state index in [9.17, 15) is 9.59 Å². The van der Waals surface area contributed by atoms with Crippen molar-refractivity contribution in [2.24, 2.45) is 0 Å². The standard InChI is InChI=1S/C34H34ClNO4/c1-24-10-18-29(19-11-24)39-31(25-8-6-5-7-9-25)22-23-36(4)33(38)34(2,3)40-30-20-14-27(15-21-30)32(37)26-12-16-28(35)17-13-26/h5-21,31H,22-23H2,1-4H3/t31-/m1/s1. The summed E-state index contributed by atoms with van der Waals surface area (Å²) in [4.78, 5) is 27.8. The fraction of sp³-hybridized carbons (Fsp3) is 0.235. The number of likely N-dealkylation sites (N-methyl/N-ethyl adjacent to an activating group) is 1. The van der Waals surface area contributed by atoms with Crippen molar-refractivity contribution in [3.8, 4) is 11.5 Å². The number of carbonyl (C=O) groups excluding carboxylic acids is 2. The number of rotatable bonds is 11. The van der Waals surface area contributed by atoms with Gasteiger partial charge in [-0.25, -0.2) is 0 Å². The molecule has 0 aliphatic rings. The van der Waals surface area contributed by atoms with Gasteiger partial charge in [-0.2, -0.15) is 0 Å². The van der Waals surface area contributed by atoms with Crippen LogP contribution in [0.15, 0.2) is 103 Å². The van der Waals surface area contributed by atoms with E-state index in [1.807, 2.05) is 61.5 Å². The van der Waals surface area contributed by atoms with Gasteiger partial charge in [0, 0.05) is 36.2 Å². The van der Waals surface area contributed by atoms with E-state index < -0.39 is 5.60 Å². The second kappa shape index (κ2) is 12.8. The first-order chi connectivity index (χ1) is 19.1. The highest BCUT2D eigenvalue weighted by Gasteiger charge is 2.33. The molecule has 6 heteroatoms. The van der Waals surface area contributed by atoms with Gasteiger partial charge < -0.3 is 14.4 Å². The first-order valence-electron chi connectivity index (χ1n) is 13.3. The number of hydrogen-bond acceptors (Lipinski definition) is 4. The number of amides is 1. The Hall–Kier alpha value is -4.09. The van der Waals surface area contributed by atoms with Crippen molar-refractivity contribution < 1.29 is 19.1 Å². The SMILES string of the molecule is Cc1ccc(O[C@H](CCN(C)C(=O)C(C)(C)Oc2ccc(C(=O)c3ccc(Cl)cc3)cc2)c2ccccc2)cc1. The van der Waals surface area contributed by atoms with Gasteiger partial charge in [0.2, 0.25) is 0 Å². The summed E-state index contributed by atoms with van der Waals surface area (Å²) in [5.41, 5.74) is 2.18. The lowest BCUT2D eigenvalue weighted by atomic mass is 10.0. The Kier molecular flexibility index (Phi) is 9.28. The second-order valence-corrected chi connectivity index (χ2v) is 10.8. The number of carbonyl (C=O) groups is 2. The smallest absolute Gasteiger partial charge is 0.265 e. The maximum Gasteiger partial charge on any atom is 0.265 e. The molecule has 0 bridgehead atoms. The van der Waals surface area contributed by atoms with E-state index in [4.69, 9.17) is 21.1 Å². The van der Waals surface area contributed by atoms with E-state index in [2.05, 4.69) is 0 Å². The molecule has 4 aromatic rings. The predicted octanol–water partition coefficient (Wildman–Crippen LogP) is 7.71. The van der Waals surface area contributed by atoms with E-state index in [0.717, 1.165) is 11.3 Å². The van der Waals surface area contributed by atoms with Gasteiger partial charge in [-0.05, 0) is 87.0 Å². The van der Waals surface area contributed by atoms with E-state index >= 15 is 0 Å². The molecule has 4 rings (SSSR count). The Morgan fingerprint density at radius 2 is 1.35 bits per heavy atom. The molecular formula is C34H34ClNO4. The molecule has 0 saturated heterocycles. The summed E-state index contributed by atoms with van der Waals surface area (Å²) in [6.07, 6.45) is 0.395. The van der Waals surface area contributed by atoms with Crippen LogP contribution in [-0.4, -0.2) is 35.8 Å². The zero-order valence-electron chi connectivity index (χ0n) is 23.3. The topological polar surface area (TPSA) is 55.8 Å². The Morgan fingerprint density at radius 1 is 0.800 bits per heavy atom. The molecule has 5 nitrogen and oxygen atoms in total. The highest BCUT2D eigenvalue weighted by atomic mass is 35.5. The van der Waals surface area contributed by atoms with Gasteiger partial charge in [0.1, 0.15) is 17.6 Å². The lowest BCUT2D eigenvalue weighted by Crippen LogP contribution is -2.47. The largest absolute Gasteiger partial charge is 0.486 e. The van der Waals surface area contributed by atoms with Crippen LogP contribution < -0.4 is 9.47 Å². The number of ether oxygens (including phenoxy) is 2. The first-order valence-corrected chi connectivity index (χ1v) is 13.6. The van der Waals surface area contributed by atoms with Crippen LogP contribution in [0, 0.1) is 6.92 Å². The van der Waals surface area contributed by atoms with Gasteiger partial charge in [0.15, 0.2) is 11.4 Å². The van der Waals surface area contributed by atoms with Crippen molar-refractivity contribution in [1.82, 2.24) is 4.90 Å². The lowest BCUT2D eigenvalue weighted by molar-refractivity contribution is -0.144. The third kappa shape index (κ3) is 7.51. The molecule has 0 N–H and O–H groups in total. The van der Waals surface area contributed by atoms with Crippen LogP contribution in [0.1, 0.15) is 53.4 Å². The highest BCUT2D eigenvalue weighted by molar-refractivity contribution is 6.30. The normalized spacial score (nSPS) is 11.9. The van der Waals surface area contributed by atoms with Crippen molar-refractivity contribution >= 4 is 23.3 Å². The summed E-state index contributed by atoms with van der Waals surface area (Å²) in [5.74, 6) is 1.02. The minimum absolute atomic E-state index is 0.112. The maximum atomic E-state index is 13.4. The van der Waals surface area contributed by atoms with Crippen molar-refractivity contribution in [3.05, 3.63) is 130 Å². The van der Waals surface area contributed by atoms with Gasteiger partial charge in [0.05, 0.1) is 0 Å². The fourth-order valence-electron chi connectivity index (χ4n) is 4.40. The van der Waals surface area contributed by atoms with Crippen LogP contribution in [0.3, 0.4) is 0 Å². The van der Waals surface area contributed by atoms with Crippen molar-refractivity contribution in [1.29, 1.82) is 0 Å². The molecular weight excluding hydrogens is 522 g/mol. The molecule has 0 spiro atoms. The summed E-state index contributed by atoms with van der Waals surface area (Å²) >= 11 is 5.93. The molecule has 0 aliphatic heterocycles. The van der Waals surface area contributed by atoms with Crippen LogP contribution >= 0.6 is 11.6 Å². The zero-order valence-corrected chi connectivity index (χ0v) is 24.0. The average molecular weight is 556 g/mol. The quantitative estimate of drug-likeness (QED) is 0.178. The molecule has 0 radical (unpaired) electrons.